The molecule has 1 aliphatic rings. The topological polar surface area (TPSA) is 70.1 Å². The van der Waals surface area contributed by atoms with Crippen molar-refractivity contribution in [2.75, 3.05) is 40.3 Å². The Morgan fingerprint density at radius 1 is 0.926 bits per heavy atom. The van der Waals surface area contributed by atoms with Gasteiger partial charge in [-0.15, -0.1) is 0 Å². The minimum atomic E-state index is -3.74. The summed E-state index contributed by atoms with van der Waals surface area (Å²) >= 11 is 0. The third-order valence-corrected chi connectivity index (χ3v) is 7.27. The van der Waals surface area contributed by atoms with E-state index in [-0.39, 0.29) is 0 Å². The maximum atomic E-state index is 13.5. The zero-order valence-corrected chi connectivity index (χ0v) is 16.5. The van der Waals surface area contributed by atoms with E-state index < -0.39 is 21.4 Å². The van der Waals surface area contributed by atoms with Gasteiger partial charge in [0.2, 0.25) is 10.0 Å². The first-order valence-corrected chi connectivity index (χ1v) is 10.5. The second-order valence-electron chi connectivity index (χ2n) is 6.80. The number of aliphatic hydroxyl groups is 1. The highest BCUT2D eigenvalue weighted by molar-refractivity contribution is 7.89. The van der Waals surface area contributed by atoms with Crippen molar-refractivity contribution < 1.29 is 18.3 Å². The average Bonchev–Trinajstić information content (AvgIpc) is 2.69. The van der Waals surface area contributed by atoms with Crippen LogP contribution in [-0.4, -0.2) is 63.1 Å². The van der Waals surface area contributed by atoms with Crippen LogP contribution in [0, 0.1) is 0 Å². The van der Waals surface area contributed by atoms with Gasteiger partial charge in [0.05, 0.1) is 7.11 Å². The van der Waals surface area contributed by atoms with E-state index in [1.165, 1.54) is 4.31 Å². The fourth-order valence-corrected chi connectivity index (χ4v) is 5.32. The summed E-state index contributed by atoms with van der Waals surface area (Å²) in [6.45, 7) is 2.22. The van der Waals surface area contributed by atoms with Crippen molar-refractivity contribution in [2.45, 2.75) is 11.4 Å². The van der Waals surface area contributed by atoms with Gasteiger partial charge in [-0.1, -0.05) is 42.5 Å². The largest absolute Gasteiger partial charge is 0.497 e. The summed E-state index contributed by atoms with van der Waals surface area (Å²) in [6, 6.07) is 15.8. The van der Waals surface area contributed by atoms with E-state index in [2.05, 4.69) is 4.90 Å². The number of benzene rings is 2. The molecule has 1 heterocycles. The predicted molar refractivity (Wildman–Crippen MR) is 105 cm³/mol. The van der Waals surface area contributed by atoms with E-state index in [0.29, 0.717) is 43.1 Å². The van der Waals surface area contributed by atoms with Gasteiger partial charge in [0.25, 0.3) is 0 Å². The van der Waals surface area contributed by atoms with Crippen molar-refractivity contribution in [3.63, 3.8) is 0 Å². The van der Waals surface area contributed by atoms with Gasteiger partial charge in [-0.3, -0.25) is 0 Å². The standard InChI is InChI=1S/C20H26N2O4S/c1-21-12-14-22(15-13-21)27(24,25)20(17-6-4-3-5-7-17)19(23)16-8-10-18(26-2)11-9-16/h3-11,19-20,23H,12-15H2,1-2H3. The lowest BCUT2D eigenvalue weighted by Crippen LogP contribution is -2.49. The van der Waals surface area contributed by atoms with E-state index in [9.17, 15) is 13.5 Å². The van der Waals surface area contributed by atoms with Crippen molar-refractivity contribution in [1.29, 1.82) is 0 Å². The summed E-state index contributed by atoms with van der Waals surface area (Å²) in [5.74, 6) is 0.657. The predicted octanol–water partition coefficient (Wildman–Crippen LogP) is 2.05. The molecule has 0 aliphatic carbocycles. The first kappa shape index (κ1) is 19.8. The smallest absolute Gasteiger partial charge is 0.224 e. The first-order valence-electron chi connectivity index (χ1n) is 8.98. The number of ether oxygens (including phenoxy) is 1. The van der Waals surface area contributed by atoms with Crippen LogP contribution in [0.1, 0.15) is 22.5 Å². The third-order valence-electron chi connectivity index (χ3n) is 5.02. The molecule has 2 atom stereocenters. The van der Waals surface area contributed by atoms with Crippen molar-refractivity contribution in [3.8, 4) is 5.75 Å². The van der Waals surface area contributed by atoms with Gasteiger partial charge in [-0.05, 0) is 30.3 Å². The van der Waals surface area contributed by atoms with Gasteiger partial charge in [0.15, 0.2) is 0 Å². The van der Waals surface area contributed by atoms with E-state index in [0.717, 1.165) is 0 Å². The van der Waals surface area contributed by atoms with Crippen molar-refractivity contribution >= 4 is 10.0 Å². The summed E-state index contributed by atoms with van der Waals surface area (Å²) in [6.07, 6.45) is -1.18. The second-order valence-corrected chi connectivity index (χ2v) is 8.85. The van der Waals surface area contributed by atoms with E-state index in [4.69, 9.17) is 4.74 Å². The Morgan fingerprint density at radius 3 is 2.07 bits per heavy atom. The van der Waals surface area contributed by atoms with Gasteiger partial charge in [0, 0.05) is 26.2 Å². The minimum Gasteiger partial charge on any atom is -0.497 e. The molecule has 2 aromatic rings. The Labute approximate surface area is 161 Å². The van der Waals surface area contributed by atoms with Crippen molar-refractivity contribution in [1.82, 2.24) is 9.21 Å². The van der Waals surface area contributed by atoms with Crippen LogP contribution in [-0.2, 0) is 10.0 Å². The molecule has 0 bridgehead atoms. The highest BCUT2D eigenvalue weighted by Gasteiger charge is 2.40. The molecule has 0 radical (unpaired) electrons. The third kappa shape index (κ3) is 4.32. The molecular weight excluding hydrogens is 364 g/mol. The Balaban J connectivity index is 1.98. The van der Waals surface area contributed by atoms with E-state index in [1.54, 1.807) is 55.6 Å². The molecule has 7 heteroatoms. The molecule has 1 N–H and O–H groups in total. The number of sulfonamides is 1. The van der Waals surface area contributed by atoms with Crippen molar-refractivity contribution in [2.24, 2.45) is 0 Å². The molecule has 1 fully saturated rings. The van der Waals surface area contributed by atoms with Crippen LogP contribution in [0.5, 0.6) is 5.75 Å². The molecule has 3 rings (SSSR count). The Hall–Kier alpha value is -1.93. The second kappa shape index (κ2) is 8.39. The number of aliphatic hydroxyl groups excluding tert-OH is 1. The highest BCUT2D eigenvalue weighted by atomic mass is 32.2. The van der Waals surface area contributed by atoms with Gasteiger partial charge < -0.3 is 14.7 Å². The molecule has 1 aliphatic heterocycles. The molecule has 146 valence electrons. The lowest BCUT2D eigenvalue weighted by Gasteiger charge is -2.35. The van der Waals surface area contributed by atoms with Crippen LogP contribution in [0.3, 0.4) is 0 Å². The number of methoxy groups -OCH3 is 1. The van der Waals surface area contributed by atoms with Crippen LogP contribution >= 0.6 is 0 Å². The van der Waals surface area contributed by atoms with Gasteiger partial charge >= 0.3 is 0 Å². The Bertz CT molecular complexity index is 832. The lowest BCUT2D eigenvalue weighted by molar-refractivity contribution is 0.163. The van der Waals surface area contributed by atoms with Crippen LogP contribution in [0.15, 0.2) is 54.6 Å². The SMILES string of the molecule is COc1ccc(C(O)C(c2ccccc2)S(=O)(=O)N2CCN(C)CC2)cc1. The molecule has 27 heavy (non-hydrogen) atoms. The lowest BCUT2D eigenvalue weighted by atomic mass is 10.0. The number of likely N-dealkylation sites (N-methyl/N-ethyl adjacent to an activating group) is 1. The van der Waals surface area contributed by atoms with Crippen LogP contribution < -0.4 is 4.74 Å². The molecule has 0 saturated carbocycles. The van der Waals surface area contributed by atoms with Crippen LogP contribution in [0.2, 0.25) is 0 Å². The first-order chi connectivity index (χ1) is 12.9. The minimum absolute atomic E-state index is 0.428. The fourth-order valence-electron chi connectivity index (χ4n) is 3.34. The monoisotopic (exact) mass is 390 g/mol. The number of rotatable bonds is 6. The van der Waals surface area contributed by atoms with Crippen molar-refractivity contribution in [3.05, 3.63) is 65.7 Å². The maximum absolute atomic E-state index is 13.5. The molecule has 0 spiro atoms. The summed E-state index contributed by atoms with van der Waals surface area (Å²) in [4.78, 5) is 2.10. The number of nitrogens with zero attached hydrogens (tertiary/aromatic N) is 2. The van der Waals surface area contributed by atoms with E-state index in [1.807, 2.05) is 13.1 Å². The summed E-state index contributed by atoms with van der Waals surface area (Å²) < 4.78 is 33.6. The Morgan fingerprint density at radius 2 is 1.52 bits per heavy atom. The number of hydrogen-bond donors (Lipinski definition) is 1. The molecule has 0 aromatic heterocycles. The van der Waals surface area contributed by atoms with Crippen LogP contribution in [0.4, 0.5) is 0 Å². The quantitative estimate of drug-likeness (QED) is 0.818. The Kier molecular flexibility index (Phi) is 6.16. The van der Waals surface area contributed by atoms with E-state index >= 15 is 0 Å². The molecule has 2 aromatic carbocycles. The highest BCUT2D eigenvalue weighted by Crippen LogP contribution is 2.38. The maximum Gasteiger partial charge on any atom is 0.224 e. The summed E-state index contributed by atoms with van der Waals surface area (Å²) in [5, 5.41) is 10.00. The number of hydrogen-bond acceptors (Lipinski definition) is 5. The molecule has 1 saturated heterocycles. The van der Waals surface area contributed by atoms with Gasteiger partial charge in [-0.2, -0.15) is 4.31 Å². The molecule has 0 amide bonds. The van der Waals surface area contributed by atoms with Crippen LogP contribution in [0.25, 0.3) is 0 Å². The van der Waals surface area contributed by atoms with Gasteiger partial charge in [0.1, 0.15) is 17.1 Å². The fraction of sp³-hybridized carbons (Fsp3) is 0.400. The van der Waals surface area contributed by atoms with Gasteiger partial charge in [-0.25, -0.2) is 8.42 Å². The summed E-state index contributed by atoms with van der Waals surface area (Å²) in [5.41, 5.74) is 1.13. The molecular formula is C20H26N2O4S. The summed E-state index contributed by atoms with van der Waals surface area (Å²) in [7, 11) is -0.196. The average molecular weight is 391 g/mol. The normalized spacial score (nSPS) is 18.8. The molecule has 6 nitrogen and oxygen atoms in total. The molecule has 2 unspecified atom stereocenters. The number of piperazine rings is 1. The zero-order valence-electron chi connectivity index (χ0n) is 15.7. The zero-order chi connectivity index (χ0) is 19.4.